The number of aliphatic hydroxyl groups excluding tert-OH is 1. The topological polar surface area (TPSA) is 29.5 Å². The van der Waals surface area contributed by atoms with Crippen LogP contribution in [-0.4, -0.2) is 19.5 Å². The molecule has 3 rings (SSSR count). The van der Waals surface area contributed by atoms with Crippen molar-refractivity contribution in [2.24, 2.45) is 23.2 Å². The van der Waals surface area contributed by atoms with E-state index in [1.807, 2.05) is 0 Å². The minimum atomic E-state index is -1.53. The van der Waals surface area contributed by atoms with E-state index in [1.165, 1.54) is 75.1 Å². The molecule has 2 aliphatic carbocycles. The molecule has 2 nitrogen and oxygen atoms in total. The van der Waals surface area contributed by atoms with Crippen LogP contribution in [0.4, 0.5) is 0 Å². The minimum absolute atomic E-state index is 0.142. The molecule has 1 unspecified atom stereocenters. The number of aryl methyl sites for hydroxylation is 1. The van der Waals surface area contributed by atoms with E-state index in [9.17, 15) is 5.11 Å². The quantitative estimate of drug-likeness (QED) is 0.253. The molecule has 0 saturated heterocycles. The zero-order valence-electron chi connectivity index (χ0n) is 21.7. The second-order valence-corrected chi connectivity index (χ2v) is 16.0. The Hall–Kier alpha value is -0.643. The highest BCUT2D eigenvalue weighted by Crippen LogP contribution is 2.59. The van der Waals surface area contributed by atoms with Gasteiger partial charge in [0.2, 0.25) is 0 Å². The summed E-state index contributed by atoms with van der Waals surface area (Å²) in [5, 5.41) is 9.21. The molecule has 0 amide bonds. The Balaban J connectivity index is 1.53. The van der Waals surface area contributed by atoms with Gasteiger partial charge in [-0.05, 0) is 91.0 Å². The van der Waals surface area contributed by atoms with Crippen molar-refractivity contribution in [2.75, 3.05) is 0 Å². The van der Waals surface area contributed by atoms with Crippen LogP contribution in [0, 0.1) is 23.2 Å². The van der Waals surface area contributed by atoms with Crippen molar-refractivity contribution in [3.63, 3.8) is 0 Å². The second-order valence-electron chi connectivity index (χ2n) is 11.3. The van der Waals surface area contributed by atoms with Crippen LogP contribution in [0.15, 0.2) is 24.3 Å². The molecule has 0 heterocycles. The van der Waals surface area contributed by atoms with Gasteiger partial charge < -0.3 is 9.53 Å². The van der Waals surface area contributed by atoms with Crippen LogP contribution in [0.3, 0.4) is 0 Å². The Morgan fingerprint density at radius 2 is 1.66 bits per heavy atom. The van der Waals surface area contributed by atoms with Crippen molar-refractivity contribution in [3.8, 4) is 0 Å². The molecule has 2 saturated carbocycles. The van der Waals surface area contributed by atoms with Crippen molar-refractivity contribution in [1.29, 1.82) is 0 Å². The van der Waals surface area contributed by atoms with Crippen LogP contribution < -0.4 is 0 Å². The lowest BCUT2D eigenvalue weighted by Crippen LogP contribution is -2.48. The Morgan fingerprint density at radius 3 is 2.28 bits per heavy atom. The molecule has 0 aliphatic heterocycles. The first-order valence-corrected chi connectivity index (χ1v) is 16.3. The van der Waals surface area contributed by atoms with E-state index in [2.05, 4.69) is 58.9 Å². The van der Waals surface area contributed by atoms with Gasteiger partial charge in [0.25, 0.3) is 0 Å². The van der Waals surface area contributed by atoms with Gasteiger partial charge in [-0.2, -0.15) is 0 Å². The average molecular weight is 459 g/mol. The van der Waals surface area contributed by atoms with Crippen LogP contribution >= 0.6 is 0 Å². The Morgan fingerprint density at radius 1 is 1.00 bits per heavy atom. The Kier molecular flexibility index (Phi) is 9.47. The number of benzene rings is 1. The van der Waals surface area contributed by atoms with Gasteiger partial charge in [0, 0.05) is 6.10 Å². The molecule has 1 N–H and O–H groups in total. The number of unbranched alkanes of at least 4 members (excludes halogenated alkanes) is 1. The first-order valence-electron chi connectivity index (χ1n) is 13.8. The SMILES string of the molecule is CC[Si](CC)(CC)OC1CCC[C@]2(C)[C@@H]([C@H](C)CCCCc3ccc(CO)cc3)CC[C@@H]12. The first kappa shape index (κ1) is 26.0. The lowest BCUT2D eigenvalue weighted by Gasteiger charge is -2.49. The molecule has 182 valence electrons. The Labute approximate surface area is 199 Å². The summed E-state index contributed by atoms with van der Waals surface area (Å²) in [4.78, 5) is 0. The lowest BCUT2D eigenvalue weighted by atomic mass is 9.61. The van der Waals surface area contributed by atoms with E-state index in [0.29, 0.717) is 11.5 Å². The highest BCUT2D eigenvalue weighted by molar-refractivity contribution is 6.73. The molecule has 1 aromatic carbocycles. The second kappa shape index (κ2) is 11.7. The Bertz CT molecular complexity index is 675. The molecular formula is C29H50O2Si. The van der Waals surface area contributed by atoms with Gasteiger partial charge in [-0.3, -0.25) is 0 Å². The summed E-state index contributed by atoms with van der Waals surface area (Å²) in [5.41, 5.74) is 2.92. The number of aliphatic hydroxyl groups is 1. The number of rotatable bonds is 12. The van der Waals surface area contributed by atoms with Gasteiger partial charge in [-0.15, -0.1) is 0 Å². The predicted octanol–water partition coefficient (Wildman–Crippen LogP) is 8.13. The number of hydrogen-bond acceptors (Lipinski definition) is 2. The normalized spacial score (nSPS) is 29.1. The van der Waals surface area contributed by atoms with E-state index in [4.69, 9.17) is 4.43 Å². The fraction of sp³-hybridized carbons (Fsp3) is 0.793. The van der Waals surface area contributed by atoms with E-state index in [0.717, 1.165) is 29.7 Å². The monoisotopic (exact) mass is 458 g/mol. The van der Waals surface area contributed by atoms with Crippen LogP contribution in [0.1, 0.15) is 97.1 Å². The maximum Gasteiger partial charge on any atom is 0.192 e. The summed E-state index contributed by atoms with van der Waals surface area (Å²) in [6.07, 6.45) is 12.6. The molecule has 0 aromatic heterocycles. The molecule has 1 aromatic rings. The van der Waals surface area contributed by atoms with Gasteiger partial charge in [-0.1, -0.05) is 78.1 Å². The third kappa shape index (κ3) is 5.70. The lowest BCUT2D eigenvalue weighted by molar-refractivity contribution is -0.0203. The number of fused-ring (bicyclic) bond motifs is 1. The van der Waals surface area contributed by atoms with Gasteiger partial charge in [0.1, 0.15) is 0 Å². The summed E-state index contributed by atoms with van der Waals surface area (Å²) in [6.45, 7) is 12.5. The fourth-order valence-electron chi connectivity index (χ4n) is 7.36. The van der Waals surface area contributed by atoms with E-state index in [-0.39, 0.29) is 6.61 Å². The molecule has 3 heteroatoms. The van der Waals surface area contributed by atoms with Crippen molar-refractivity contribution in [1.82, 2.24) is 0 Å². The maximum absolute atomic E-state index is 9.21. The maximum atomic E-state index is 9.21. The first-order chi connectivity index (χ1) is 15.4. The van der Waals surface area contributed by atoms with Crippen molar-refractivity contribution >= 4 is 8.32 Å². The largest absolute Gasteiger partial charge is 0.414 e. The molecule has 0 radical (unpaired) electrons. The molecule has 2 fully saturated rings. The smallest absolute Gasteiger partial charge is 0.192 e. The summed E-state index contributed by atoms with van der Waals surface area (Å²) in [6, 6.07) is 12.3. The predicted molar refractivity (Wildman–Crippen MR) is 139 cm³/mol. The van der Waals surface area contributed by atoms with Crippen LogP contribution in [-0.2, 0) is 17.5 Å². The van der Waals surface area contributed by atoms with E-state index >= 15 is 0 Å². The minimum Gasteiger partial charge on any atom is -0.414 e. The van der Waals surface area contributed by atoms with Crippen LogP contribution in [0.5, 0.6) is 0 Å². The van der Waals surface area contributed by atoms with Crippen molar-refractivity contribution in [2.45, 2.75) is 123 Å². The van der Waals surface area contributed by atoms with E-state index < -0.39 is 8.32 Å². The van der Waals surface area contributed by atoms with Gasteiger partial charge in [0.05, 0.1) is 6.61 Å². The van der Waals surface area contributed by atoms with E-state index in [1.54, 1.807) is 0 Å². The highest BCUT2D eigenvalue weighted by Gasteiger charge is 2.53. The summed E-state index contributed by atoms with van der Waals surface area (Å²) in [5.74, 6) is 2.50. The van der Waals surface area contributed by atoms with Gasteiger partial charge in [-0.25, -0.2) is 0 Å². The molecule has 0 spiro atoms. The third-order valence-corrected chi connectivity index (χ3v) is 14.4. The molecule has 5 atom stereocenters. The summed E-state index contributed by atoms with van der Waals surface area (Å²) in [7, 11) is -1.53. The molecule has 32 heavy (non-hydrogen) atoms. The van der Waals surface area contributed by atoms with Crippen LogP contribution in [0.2, 0.25) is 18.1 Å². The van der Waals surface area contributed by atoms with Crippen molar-refractivity contribution in [3.05, 3.63) is 35.4 Å². The average Bonchev–Trinajstić information content (AvgIpc) is 3.18. The van der Waals surface area contributed by atoms with Gasteiger partial charge >= 0.3 is 0 Å². The molecule has 2 aliphatic rings. The standard InChI is InChI=1S/C29H50O2Si/c1-6-32(7-2,8-3)31-28-14-11-21-29(5)26(19-20-27(28)29)23(4)12-9-10-13-24-15-17-25(22-30)18-16-24/h15-18,23,26-28,30H,6-14,19-22H2,1-5H3/t23-,26-,27+,28?,29-/m1/s1. The fourth-order valence-corrected chi connectivity index (χ4v) is 10.3. The summed E-state index contributed by atoms with van der Waals surface area (Å²) < 4.78 is 7.12. The summed E-state index contributed by atoms with van der Waals surface area (Å²) >= 11 is 0. The third-order valence-electron chi connectivity index (χ3n) is 9.74. The van der Waals surface area contributed by atoms with Gasteiger partial charge in [0.15, 0.2) is 8.32 Å². The zero-order chi connectivity index (χ0) is 23.2. The zero-order valence-corrected chi connectivity index (χ0v) is 22.7. The number of hydrogen-bond donors (Lipinski definition) is 1. The van der Waals surface area contributed by atoms with Crippen LogP contribution in [0.25, 0.3) is 0 Å². The van der Waals surface area contributed by atoms with Crippen molar-refractivity contribution < 1.29 is 9.53 Å². The molecule has 0 bridgehead atoms. The highest BCUT2D eigenvalue weighted by atomic mass is 28.4. The molecular weight excluding hydrogens is 408 g/mol.